The van der Waals surface area contributed by atoms with Gasteiger partial charge in [-0.25, -0.2) is 13.2 Å². The fraction of sp³-hybridized carbons (Fsp3) is 0.632. The molecular weight excluding hydrogens is 338 g/mol. The largest absolute Gasteiger partial charge is 0.465 e. The summed E-state index contributed by atoms with van der Waals surface area (Å²) in [6.45, 7) is 1.40. The minimum absolute atomic E-state index is 0.214. The van der Waals surface area contributed by atoms with E-state index >= 15 is 0 Å². The van der Waals surface area contributed by atoms with Crippen molar-refractivity contribution in [2.24, 2.45) is 11.8 Å². The maximum absolute atomic E-state index is 13.1. The number of nitrogens with one attached hydrogen (secondary N) is 1. The molecule has 2 unspecified atom stereocenters. The average molecular weight is 365 g/mol. The molecule has 0 radical (unpaired) electrons. The van der Waals surface area contributed by atoms with Gasteiger partial charge in [-0.3, -0.25) is 0 Å². The van der Waals surface area contributed by atoms with Crippen LogP contribution in [0.2, 0.25) is 0 Å². The summed E-state index contributed by atoms with van der Waals surface area (Å²) < 4.78 is 30.9. The van der Waals surface area contributed by atoms with Crippen LogP contribution in [-0.4, -0.2) is 39.8 Å². The van der Waals surface area contributed by atoms with Gasteiger partial charge >= 0.3 is 5.97 Å². The van der Waals surface area contributed by atoms with Gasteiger partial charge in [-0.05, 0) is 43.0 Å². The van der Waals surface area contributed by atoms with Crippen molar-refractivity contribution in [3.63, 3.8) is 0 Å². The lowest BCUT2D eigenvalue weighted by Gasteiger charge is -2.36. The molecule has 0 bridgehead atoms. The summed E-state index contributed by atoms with van der Waals surface area (Å²) >= 11 is 0. The van der Waals surface area contributed by atoms with E-state index in [0.29, 0.717) is 24.8 Å². The standard InChI is InChI=1S/C19H27NO4S/c1-24-19(21)15-8-5-9-17(10-15)25(22,23)18-11-16(12-20-13-18)14-6-3-2-4-7-14/h5,8-10,14,16,18,20H,2-4,6-7,11-13H2,1H3. The smallest absolute Gasteiger partial charge is 0.337 e. The quantitative estimate of drug-likeness (QED) is 0.831. The first kappa shape index (κ1) is 18.4. The summed E-state index contributed by atoms with van der Waals surface area (Å²) in [4.78, 5) is 11.9. The fourth-order valence-electron chi connectivity index (χ4n) is 4.25. The molecule has 3 rings (SSSR count). The van der Waals surface area contributed by atoms with Gasteiger partial charge in [-0.15, -0.1) is 0 Å². The molecule has 1 saturated carbocycles. The third kappa shape index (κ3) is 4.06. The highest BCUT2D eigenvalue weighted by Gasteiger charge is 2.36. The van der Waals surface area contributed by atoms with Crippen LogP contribution in [0.4, 0.5) is 0 Å². The van der Waals surface area contributed by atoms with Crippen molar-refractivity contribution in [2.45, 2.75) is 48.7 Å². The summed E-state index contributed by atoms with van der Waals surface area (Å²) in [6, 6.07) is 6.19. The van der Waals surface area contributed by atoms with Crippen LogP contribution in [0.3, 0.4) is 0 Å². The Labute approximate surface area is 150 Å². The maximum atomic E-state index is 13.1. The number of hydrogen-bond donors (Lipinski definition) is 1. The van der Waals surface area contributed by atoms with Gasteiger partial charge in [0.2, 0.25) is 0 Å². The SMILES string of the molecule is COC(=O)c1cccc(S(=O)(=O)C2CNCC(C3CCCCC3)C2)c1. The van der Waals surface area contributed by atoms with Gasteiger partial charge in [0, 0.05) is 6.54 Å². The second-order valence-corrected chi connectivity index (χ2v) is 9.47. The first-order valence-electron chi connectivity index (χ1n) is 9.15. The van der Waals surface area contributed by atoms with Crippen LogP contribution in [0.1, 0.15) is 48.9 Å². The molecular formula is C19H27NO4S. The highest BCUT2D eigenvalue weighted by Crippen LogP contribution is 2.35. The third-order valence-corrected chi connectivity index (χ3v) is 7.83. The number of hydrogen-bond acceptors (Lipinski definition) is 5. The van der Waals surface area contributed by atoms with E-state index in [-0.39, 0.29) is 10.5 Å². The molecule has 1 aromatic rings. The number of sulfone groups is 1. The molecule has 2 fully saturated rings. The van der Waals surface area contributed by atoms with Crippen LogP contribution in [0.15, 0.2) is 29.2 Å². The molecule has 25 heavy (non-hydrogen) atoms. The van der Waals surface area contributed by atoms with Gasteiger partial charge < -0.3 is 10.1 Å². The molecule has 0 amide bonds. The van der Waals surface area contributed by atoms with Crippen molar-refractivity contribution in [3.8, 4) is 0 Å². The molecule has 1 heterocycles. The van der Waals surface area contributed by atoms with E-state index in [1.54, 1.807) is 18.2 Å². The Balaban J connectivity index is 1.78. The topological polar surface area (TPSA) is 72.5 Å². The van der Waals surface area contributed by atoms with Gasteiger partial charge in [-0.2, -0.15) is 0 Å². The van der Waals surface area contributed by atoms with Crippen LogP contribution in [0.25, 0.3) is 0 Å². The second kappa shape index (κ2) is 7.87. The molecule has 138 valence electrons. The molecule has 0 aromatic heterocycles. The van der Waals surface area contributed by atoms with Crippen LogP contribution in [0, 0.1) is 11.8 Å². The Morgan fingerprint density at radius 2 is 1.88 bits per heavy atom. The number of carbonyl (C=O) groups excluding carboxylic acids is 1. The Kier molecular flexibility index (Phi) is 5.79. The van der Waals surface area contributed by atoms with E-state index < -0.39 is 21.1 Å². The summed E-state index contributed by atoms with van der Waals surface area (Å²) in [7, 11) is -2.17. The van der Waals surface area contributed by atoms with E-state index in [9.17, 15) is 13.2 Å². The first-order valence-corrected chi connectivity index (χ1v) is 10.7. The zero-order valence-corrected chi connectivity index (χ0v) is 15.6. The van der Waals surface area contributed by atoms with Crippen molar-refractivity contribution in [1.29, 1.82) is 0 Å². The Bertz CT molecular complexity index is 710. The maximum Gasteiger partial charge on any atom is 0.337 e. The average Bonchev–Trinajstić information content (AvgIpc) is 2.68. The Morgan fingerprint density at radius 3 is 2.60 bits per heavy atom. The number of methoxy groups -OCH3 is 1. The molecule has 6 heteroatoms. The van der Waals surface area contributed by atoms with Crippen LogP contribution >= 0.6 is 0 Å². The molecule has 5 nitrogen and oxygen atoms in total. The summed E-state index contributed by atoms with van der Waals surface area (Å²) in [5.41, 5.74) is 0.274. The highest BCUT2D eigenvalue weighted by molar-refractivity contribution is 7.92. The predicted molar refractivity (Wildman–Crippen MR) is 96.3 cm³/mol. The van der Waals surface area contributed by atoms with E-state index in [1.165, 1.54) is 45.3 Å². The number of carbonyl (C=O) groups is 1. The Morgan fingerprint density at radius 1 is 1.12 bits per heavy atom. The lowest BCUT2D eigenvalue weighted by molar-refractivity contribution is 0.0600. The molecule has 2 atom stereocenters. The minimum atomic E-state index is -3.47. The highest BCUT2D eigenvalue weighted by atomic mass is 32.2. The number of rotatable bonds is 4. The van der Waals surface area contributed by atoms with E-state index in [1.807, 2.05) is 0 Å². The third-order valence-electron chi connectivity index (χ3n) is 5.68. The van der Waals surface area contributed by atoms with Crippen LogP contribution < -0.4 is 5.32 Å². The van der Waals surface area contributed by atoms with Crippen molar-refractivity contribution < 1.29 is 17.9 Å². The monoisotopic (exact) mass is 365 g/mol. The molecule has 1 N–H and O–H groups in total. The van der Waals surface area contributed by atoms with Crippen molar-refractivity contribution in [1.82, 2.24) is 5.32 Å². The molecule has 1 aromatic carbocycles. The first-order chi connectivity index (χ1) is 12.0. The fourth-order valence-corrected chi connectivity index (χ4v) is 6.03. The van der Waals surface area contributed by atoms with Gasteiger partial charge in [0.1, 0.15) is 0 Å². The normalized spacial score (nSPS) is 25.5. The van der Waals surface area contributed by atoms with Gasteiger partial charge in [0.05, 0.1) is 22.8 Å². The molecule has 1 aliphatic carbocycles. The van der Waals surface area contributed by atoms with Crippen molar-refractivity contribution in [2.75, 3.05) is 20.2 Å². The summed E-state index contributed by atoms with van der Waals surface area (Å²) in [5.74, 6) is 0.553. The van der Waals surface area contributed by atoms with E-state index in [0.717, 1.165) is 6.54 Å². The lowest BCUT2D eigenvalue weighted by atomic mass is 9.77. The second-order valence-electron chi connectivity index (χ2n) is 7.24. The van der Waals surface area contributed by atoms with E-state index in [4.69, 9.17) is 4.74 Å². The zero-order valence-electron chi connectivity index (χ0n) is 14.7. The minimum Gasteiger partial charge on any atom is -0.465 e. The number of benzene rings is 1. The van der Waals surface area contributed by atoms with Crippen LogP contribution in [0.5, 0.6) is 0 Å². The molecule has 1 saturated heterocycles. The molecule has 2 aliphatic rings. The van der Waals surface area contributed by atoms with E-state index in [2.05, 4.69) is 5.32 Å². The Hall–Kier alpha value is -1.40. The molecule has 0 spiro atoms. The number of piperidine rings is 1. The zero-order chi connectivity index (χ0) is 17.9. The summed E-state index contributed by atoms with van der Waals surface area (Å²) in [6.07, 6.45) is 6.98. The van der Waals surface area contributed by atoms with Gasteiger partial charge in [0.15, 0.2) is 9.84 Å². The van der Waals surface area contributed by atoms with Gasteiger partial charge in [0.25, 0.3) is 0 Å². The molecule has 1 aliphatic heterocycles. The number of esters is 1. The predicted octanol–water partition coefficient (Wildman–Crippen LogP) is 2.81. The summed E-state index contributed by atoms with van der Waals surface area (Å²) in [5, 5.41) is 2.91. The van der Waals surface area contributed by atoms with Crippen LogP contribution in [-0.2, 0) is 14.6 Å². The van der Waals surface area contributed by atoms with Crippen molar-refractivity contribution >= 4 is 15.8 Å². The lowest BCUT2D eigenvalue weighted by Crippen LogP contribution is -2.45. The van der Waals surface area contributed by atoms with Gasteiger partial charge in [-0.1, -0.05) is 38.2 Å². The number of ether oxygens (including phenoxy) is 1. The van der Waals surface area contributed by atoms with Crippen molar-refractivity contribution in [3.05, 3.63) is 29.8 Å².